The number of hydrogen-bond acceptors (Lipinski definition) is 3. The maximum Gasteiger partial charge on any atom is 0.530 e. The molecule has 0 N–H and O–H groups in total. The molecule has 0 saturated carbocycles. The van der Waals surface area contributed by atoms with E-state index in [-0.39, 0.29) is 21.5 Å². The lowest BCUT2D eigenvalue weighted by Gasteiger charge is -2.15. The second-order valence-electron chi connectivity index (χ2n) is 3.76. The van der Waals surface area contributed by atoms with E-state index in [0.717, 1.165) is 0 Å². The monoisotopic (exact) mass is 404 g/mol. The van der Waals surface area contributed by atoms with Crippen LogP contribution < -0.4 is 9.05 Å². The van der Waals surface area contributed by atoms with Gasteiger partial charge in [-0.25, -0.2) is 4.57 Å². The minimum absolute atomic E-state index is 0.0736. The summed E-state index contributed by atoms with van der Waals surface area (Å²) in [6.45, 7) is -4.00. The molecule has 0 aromatic heterocycles. The first-order valence-corrected chi connectivity index (χ1v) is 9.32. The molecule has 0 unspecified atom stereocenters. The summed E-state index contributed by atoms with van der Waals surface area (Å²) in [7, 11) is 0. The summed E-state index contributed by atoms with van der Waals surface area (Å²) in [6.07, 6.45) is 0. The zero-order valence-corrected chi connectivity index (χ0v) is 14.7. The van der Waals surface area contributed by atoms with E-state index >= 15 is 0 Å². The molecule has 2 aromatic carbocycles. The Kier molecular flexibility index (Phi) is 5.59. The van der Waals surface area contributed by atoms with Crippen molar-refractivity contribution in [2.24, 2.45) is 0 Å². The van der Waals surface area contributed by atoms with Crippen LogP contribution in [0.4, 0.5) is 0 Å². The predicted octanol–water partition coefficient (Wildman–Crippen LogP) is 7.10. The first-order chi connectivity index (χ1) is 9.77. The molecule has 0 bridgehead atoms. The minimum Gasteiger partial charge on any atom is -0.403 e. The van der Waals surface area contributed by atoms with Gasteiger partial charge in [-0.1, -0.05) is 46.4 Å². The van der Waals surface area contributed by atoms with Gasteiger partial charge in [-0.15, -0.1) is 0 Å². The van der Waals surface area contributed by atoms with Gasteiger partial charge in [0.1, 0.15) is 11.5 Å². The normalized spacial score (nSPS) is 11.3. The van der Waals surface area contributed by atoms with Gasteiger partial charge in [0.15, 0.2) is 0 Å². The van der Waals surface area contributed by atoms with Gasteiger partial charge in [0.25, 0.3) is 0 Å². The van der Waals surface area contributed by atoms with Crippen LogP contribution in [0.25, 0.3) is 0 Å². The zero-order valence-electron chi connectivity index (χ0n) is 10.0. The van der Waals surface area contributed by atoms with Crippen molar-refractivity contribution in [1.82, 2.24) is 0 Å². The van der Waals surface area contributed by atoms with E-state index in [4.69, 9.17) is 66.7 Å². The molecule has 0 atom stereocenters. The molecule has 2 aromatic rings. The van der Waals surface area contributed by atoms with Crippen molar-refractivity contribution >= 4 is 64.6 Å². The summed E-state index contributed by atoms with van der Waals surface area (Å²) in [5, 5.41) is 1.10. The van der Waals surface area contributed by atoms with Crippen LogP contribution in [0.1, 0.15) is 0 Å². The molecule has 9 heteroatoms. The molecule has 0 aliphatic rings. The van der Waals surface area contributed by atoms with Crippen molar-refractivity contribution in [3.05, 3.63) is 56.5 Å². The highest BCUT2D eigenvalue weighted by atomic mass is 35.7. The van der Waals surface area contributed by atoms with Gasteiger partial charge in [0.2, 0.25) is 0 Å². The average Bonchev–Trinajstić information content (AvgIpc) is 2.36. The highest BCUT2D eigenvalue weighted by molar-refractivity contribution is 7.82. The quantitative estimate of drug-likeness (QED) is 0.508. The third-order valence-corrected chi connectivity index (χ3v) is 4.51. The Bertz CT molecular complexity index is 665. The van der Waals surface area contributed by atoms with Gasteiger partial charge in [0.05, 0.1) is 10.0 Å². The summed E-state index contributed by atoms with van der Waals surface area (Å²) in [5.74, 6) is 0.147. The number of rotatable bonds is 4. The van der Waals surface area contributed by atoms with Crippen molar-refractivity contribution in [3.63, 3.8) is 0 Å². The molecule has 0 aliphatic heterocycles. The standard InChI is InChI=1S/C12H6Cl5O3P/c13-7-1-3-11(9(15)5-7)19-21(17,18)20-12-4-2-8(14)6-10(12)16/h1-6H. The Morgan fingerprint density at radius 3 is 1.48 bits per heavy atom. The third kappa shape index (κ3) is 4.85. The van der Waals surface area contributed by atoms with Gasteiger partial charge >= 0.3 is 6.95 Å². The number of benzene rings is 2. The lowest BCUT2D eigenvalue weighted by molar-refractivity contribution is 0.406. The zero-order chi connectivity index (χ0) is 15.6. The van der Waals surface area contributed by atoms with Crippen molar-refractivity contribution in [2.45, 2.75) is 0 Å². The Balaban J connectivity index is 2.20. The fraction of sp³-hybridized carbons (Fsp3) is 0. The van der Waals surface area contributed by atoms with Gasteiger partial charge < -0.3 is 9.05 Å². The molecule has 112 valence electrons. The Morgan fingerprint density at radius 1 is 0.762 bits per heavy atom. The van der Waals surface area contributed by atoms with Gasteiger partial charge in [-0.3, -0.25) is 0 Å². The molecular formula is C12H6Cl5O3P. The molecule has 0 spiro atoms. The molecule has 2 rings (SSSR count). The van der Waals surface area contributed by atoms with Crippen LogP contribution in [-0.4, -0.2) is 0 Å². The molecule has 3 nitrogen and oxygen atoms in total. The van der Waals surface area contributed by atoms with E-state index in [1.54, 1.807) is 0 Å². The van der Waals surface area contributed by atoms with Crippen LogP contribution in [0.3, 0.4) is 0 Å². The molecule has 21 heavy (non-hydrogen) atoms. The minimum atomic E-state index is -4.00. The highest BCUT2D eigenvalue weighted by Gasteiger charge is 2.27. The summed E-state index contributed by atoms with van der Waals surface area (Å²) >= 11 is 29.1. The van der Waals surface area contributed by atoms with Crippen LogP contribution in [0.15, 0.2) is 36.4 Å². The molecule has 0 saturated heterocycles. The largest absolute Gasteiger partial charge is 0.530 e. The molecule has 0 aliphatic carbocycles. The topological polar surface area (TPSA) is 35.5 Å². The SMILES string of the molecule is O=P(Cl)(Oc1ccc(Cl)cc1Cl)Oc1ccc(Cl)cc1Cl. The number of halogens is 5. The van der Waals surface area contributed by atoms with Crippen LogP contribution >= 0.6 is 64.6 Å². The van der Waals surface area contributed by atoms with E-state index in [9.17, 15) is 4.57 Å². The van der Waals surface area contributed by atoms with Crippen molar-refractivity contribution < 1.29 is 13.6 Å². The van der Waals surface area contributed by atoms with Gasteiger partial charge in [-0.05, 0) is 36.4 Å². The number of hydrogen-bond donors (Lipinski definition) is 0. The predicted molar refractivity (Wildman–Crippen MR) is 87.6 cm³/mol. The van der Waals surface area contributed by atoms with E-state index in [2.05, 4.69) is 0 Å². The summed E-state index contributed by atoms with van der Waals surface area (Å²) in [4.78, 5) is 0. The molecule has 0 fully saturated rings. The third-order valence-electron chi connectivity index (χ3n) is 2.20. The second-order valence-corrected chi connectivity index (χ2v) is 7.92. The maximum atomic E-state index is 12.2. The highest BCUT2D eigenvalue weighted by Crippen LogP contribution is 2.55. The lowest BCUT2D eigenvalue weighted by atomic mass is 10.3. The van der Waals surface area contributed by atoms with E-state index in [1.165, 1.54) is 36.4 Å². The molecule has 0 heterocycles. The Morgan fingerprint density at radius 2 is 1.14 bits per heavy atom. The summed E-state index contributed by atoms with van der Waals surface area (Å²) in [6, 6.07) is 8.71. The maximum absolute atomic E-state index is 12.2. The second kappa shape index (κ2) is 6.87. The fourth-order valence-electron chi connectivity index (χ4n) is 1.35. The van der Waals surface area contributed by atoms with E-state index in [1.807, 2.05) is 0 Å². The van der Waals surface area contributed by atoms with E-state index in [0.29, 0.717) is 10.0 Å². The van der Waals surface area contributed by atoms with Crippen LogP contribution in [0.2, 0.25) is 20.1 Å². The average molecular weight is 406 g/mol. The smallest absolute Gasteiger partial charge is 0.403 e. The van der Waals surface area contributed by atoms with Crippen LogP contribution in [-0.2, 0) is 4.57 Å². The molecule has 0 amide bonds. The van der Waals surface area contributed by atoms with Gasteiger partial charge in [-0.2, -0.15) is 0 Å². The summed E-state index contributed by atoms with van der Waals surface area (Å²) < 4.78 is 22.4. The van der Waals surface area contributed by atoms with Gasteiger partial charge in [0, 0.05) is 21.3 Å². The van der Waals surface area contributed by atoms with E-state index < -0.39 is 6.95 Å². The van der Waals surface area contributed by atoms with Crippen molar-refractivity contribution in [2.75, 3.05) is 0 Å². The van der Waals surface area contributed by atoms with Crippen molar-refractivity contribution in [3.8, 4) is 11.5 Å². The fourth-order valence-corrected chi connectivity index (χ4v) is 3.63. The lowest BCUT2D eigenvalue weighted by Crippen LogP contribution is -1.96. The summed E-state index contributed by atoms with van der Waals surface area (Å²) in [5.41, 5.74) is 0. The first kappa shape index (κ1) is 17.1. The van der Waals surface area contributed by atoms with Crippen LogP contribution in [0.5, 0.6) is 11.5 Å². The molecular weight excluding hydrogens is 400 g/mol. The first-order valence-electron chi connectivity index (χ1n) is 5.36. The van der Waals surface area contributed by atoms with Crippen molar-refractivity contribution in [1.29, 1.82) is 0 Å². The molecule has 0 radical (unpaired) electrons. The Hall–Kier alpha value is -0.280. The Labute approximate surface area is 145 Å². The van der Waals surface area contributed by atoms with Crippen LogP contribution in [0, 0.1) is 0 Å².